The van der Waals surface area contributed by atoms with Gasteiger partial charge in [0.05, 0.1) is 0 Å². The van der Waals surface area contributed by atoms with Crippen molar-refractivity contribution in [3.8, 4) is 0 Å². The van der Waals surface area contributed by atoms with Crippen LogP contribution in [-0.2, 0) is 0 Å². The lowest BCUT2D eigenvalue weighted by atomic mass is 9.78. The Hall–Kier alpha value is -0.0800. The predicted octanol–water partition coefficient (Wildman–Crippen LogP) is 1.74. The van der Waals surface area contributed by atoms with Crippen LogP contribution in [0, 0.1) is 5.92 Å². The summed E-state index contributed by atoms with van der Waals surface area (Å²) in [5, 5.41) is 0. The molecule has 3 fully saturated rings. The Bertz CT molecular complexity index is 198. The van der Waals surface area contributed by atoms with Gasteiger partial charge in [0.15, 0.2) is 0 Å². The first-order valence-electron chi connectivity index (χ1n) is 6.36. The topological polar surface area (TPSA) is 29.3 Å². The highest BCUT2D eigenvalue weighted by Gasteiger charge is 2.44. The van der Waals surface area contributed by atoms with E-state index in [0.717, 1.165) is 30.6 Å². The minimum absolute atomic E-state index is 0.834. The Kier molecular flexibility index (Phi) is 2.29. The second-order valence-corrected chi connectivity index (χ2v) is 5.49. The van der Waals surface area contributed by atoms with Crippen molar-refractivity contribution in [3.63, 3.8) is 0 Å². The first kappa shape index (κ1) is 9.17. The molecule has 14 heavy (non-hydrogen) atoms. The number of nitrogens with two attached hydrogens (primary N) is 1. The smallest absolute Gasteiger partial charge is 0.0104 e. The van der Waals surface area contributed by atoms with Crippen molar-refractivity contribution >= 4 is 0 Å². The lowest BCUT2D eigenvalue weighted by molar-refractivity contribution is 0.00869. The SMILES string of the molecule is NCC1CC2CCCC(C1)N2C1CC1. The fourth-order valence-electron chi connectivity index (χ4n) is 3.69. The molecule has 0 radical (unpaired) electrons. The van der Waals surface area contributed by atoms with Crippen LogP contribution in [0.2, 0.25) is 0 Å². The molecule has 2 saturated heterocycles. The van der Waals surface area contributed by atoms with Crippen molar-refractivity contribution < 1.29 is 0 Å². The van der Waals surface area contributed by atoms with Gasteiger partial charge in [-0.05, 0) is 51.0 Å². The Morgan fingerprint density at radius 2 is 1.57 bits per heavy atom. The van der Waals surface area contributed by atoms with E-state index in [1.54, 1.807) is 0 Å². The Labute approximate surface area is 86.8 Å². The van der Waals surface area contributed by atoms with Crippen LogP contribution in [-0.4, -0.2) is 29.6 Å². The fraction of sp³-hybridized carbons (Fsp3) is 1.00. The molecule has 1 saturated carbocycles. The highest BCUT2D eigenvalue weighted by atomic mass is 15.3. The Balaban J connectivity index is 1.74. The van der Waals surface area contributed by atoms with Crippen molar-refractivity contribution in [2.75, 3.05) is 6.54 Å². The summed E-state index contributed by atoms with van der Waals surface area (Å²) >= 11 is 0. The van der Waals surface area contributed by atoms with E-state index in [1.807, 2.05) is 0 Å². The van der Waals surface area contributed by atoms with Gasteiger partial charge in [0.1, 0.15) is 0 Å². The van der Waals surface area contributed by atoms with E-state index in [1.165, 1.54) is 44.9 Å². The maximum Gasteiger partial charge on any atom is 0.0104 e. The standard InChI is InChI=1S/C12H22N2/c13-8-9-6-11-2-1-3-12(7-9)14(11)10-4-5-10/h9-12H,1-8,13H2. The molecule has 2 aliphatic heterocycles. The largest absolute Gasteiger partial charge is 0.330 e. The zero-order chi connectivity index (χ0) is 9.54. The molecule has 0 spiro atoms. The van der Waals surface area contributed by atoms with Gasteiger partial charge in [-0.25, -0.2) is 0 Å². The van der Waals surface area contributed by atoms with Crippen molar-refractivity contribution in [3.05, 3.63) is 0 Å². The van der Waals surface area contributed by atoms with Gasteiger partial charge >= 0.3 is 0 Å². The first-order valence-corrected chi connectivity index (χ1v) is 6.36. The van der Waals surface area contributed by atoms with Crippen LogP contribution in [0.1, 0.15) is 44.9 Å². The molecule has 3 rings (SSSR count). The Morgan fingerprint density at radius 3 is 2.07 bits per heavy atom. The van der Waals surface area contributed by atoms with Crippen LogP contribution in [0.15, 0.2) is 0 Å². The normalized spacial score (nSPS) is 43.9. The predicted molar refractivity (Wildman–Crippen MR) is 58.1 cm³/mol. The van der Waals surface area contributed by atoms with Crippen LogP contribution in [0.25, 0.3) is 0 Å². The summed E-state index contributed by atoms with van der Waals surface area (Å²) in [5.74, 6) is 0.834. The van der Waals surface area contributed by atoms with E-state index in [0.29, 0.717) is 0 Å². The summed E-state index contributed by atoms with van der Waals surface area (Å²) in [6.07, 6.45) is 10.1. The maximum atomic E-state index is 5.83. The maximum absolute atomic E-state index is 5.83. The molecular formula is C12H22N2. The summed E-state index contributed by atoms with van der Waals surface area (Å²) in [5.41, 5.74) is 5.83. The summed E-state index contributed by atoms with van der Waals surface area (Å²) in [6, 6.07) is 2.79. The van der Waals surface area contributed by atoms with Gasteiger partial charge in [0.2, 0.25) is 0 Å². The molecule has 1 aliphatic carbocycles. The summed E-state index contributed by atoms with van der Waals surface area (Å²) in [7, 11) is 0. The van der Waals surface area contributed by atoms with Gasteiger partial charge in [0.25, 0.3) is 0 Å². The molecule has 0 amide bonds. The highest BCUT2D eigenvalue weighted by molar-refractivity contribution is 4.99. The zero-order valence-electron chi connectivity index (χ0n) is 8.99. The molecule has 2 bridgehead atoms. The van der Waals surface area contributed by atoms with E-state index in [-0.39, 0.29) is 0 Å². The minimum Gasteiger partial charge on any atom is -0.330 e. The van der Waals surface area contributed by atoms with Crippen molar-refractivity contribution in [1.82, 2.24) is 4.90 Å². The molecule has 0 aromatic rings. The number of hydrogen-bond acceptors (Lipinski definition) is 2. The van der Waals surface area contributed by atoms with Gasteiger partial charge < -0.3 is 5.73 Å². The monoisotopic (exact) mass is 194 g/mol. The quantitative estimate of drug-likeness (QED) is 0.725. The third kappa shape index (κ3) is 1.49. The summed E-state index contributed by atoms with van der Waals surface area (Å²) < 4.78 is 0. The molecule has 2 unspecified atom stereocenters. The fourth-order valence-corrected chi connectivity index (χ4v) is 3.69. The summed E-state index contributed by atoms with van der Waals surface area (Å²) in [4.78, 5) is 2.87. The third-order valence-corrected chi connectivity index (χ3v) is 4.43. The number of rotatable bonds is 2. The van der Waals surface area contributed by atoms with E-state index in [9.17, 15) is 0 Å². The van der Waals surface area contributed by atoms with E-state index < -0.39 is 0 Å². The van der Waals surface area contributed by atoms with E-state index in [4.69, 9.17) is 5.73 Å². The second-order valence-electron chi connectivity index (χ2n) is 5.49. The number of nitrogens with zero attached hydrogens (tertiary/aromatic N) is 1. The van der Waals surface area contributed by atoms with Crippen molar-refractivity contribution in [2.24, 2.45) is 11.7 Å². The molecule has 2 heterocycles. The van der Waals surface area contributed by atoms with Crippen LogP contribution < -0.4 is 5.73 Å². The molecule has 2 N–H and O–H groups in total. The van der Waals surface area contributed by atoms with Gasteiger partial charge in [-0.15, -0.1) is 0 Å². The van der Waals surface area contributed by atoms with Gasteiger partial charge in [-0.1, -0.05) is 6.42 Å². The molecule has 3 aliphatic rings. The Morgan fingerprint density at radius 1 is 0.929 bits per heavy atom. The van der Waals surface area contributed by atoms with Crippen LogP contribution >= 0.6 is 0 Å². The van der Waals surface area contributed by atoms with E-state index >= 15 is 0 Å². The number of hydrogen-bond donors (Lipinski definition) is 1. The average Bonchev–Trinajstić information content (AvgIpc) is 2.99. The molecule has 2 atom stereocenters. The number of piperidine rings is 2. The number of fused-ring (bicyclic) bond motifs is 2. The van der Waals surface area contributed by atoms with Crippen LogP contribution in [0.5, 0.6) is 0 Å². The lowest BCUT2D eigenvalue weighted by Crippen LogP contribution is -2.53. The second kappa shape index (κ2) is 3.49. The molecular weight excluding hydrogens is 172 g/mol. The van der Waals surface area contributed by atoms with Gasteiger partial charge in [0, 0.05) is 18.1 Å². The van der Waals surface area contributed by atoms with Gasteiger partial charge in [-0.3, -0.25) is 4.90 Å². The van der Waals surface area contributed by atoms with Gasteiger partial charge in [-0.2, -0.15) is 0 Å². The molecule has 2 nitrogen and oxygen atoms in total. The third-order valence-electron chi connectivity index (χ3n) is 4.43. The van der Waals surface area contributed by atoms with Crippen molar-refractivity contribution in [2.45, 2.75) is 63.1 Å². The highest BCUT2D eigenvalue weighted by Crippen LogP contribution is 2.43. The first-order chi connectivity index (χ1) is 6.88. The molecule has 0 aromatic carbocycles. The minimum atomic E-state index is 0.834. The molecule has 2 heteroatoms. The zero-order valence-corrected chi connectivity index (χ0v) is 8.99. The molecule has 80 valence electrons. The lowest BCUT2D eigenvalue weighted by Gasteiger charge is -2.49. The molecule has 0 aromatic heterocycles. The van der Waals surface area contributed by atoms with E-state index in [2.05, 4.69) is 4.90 Å². The van der Waals surface area contributed by atoms with Crippen LogP contribution in [0.3, 0.4) is 0 Å². The van der Waals surface area contributed by atoms with Crippen molar-refractivity contribution in [1.29, 1.82) is 0 Å². The average molecular weight is 194 g/mol. The summed E-state index contributed by atoms with van der Waals surface area (Å²) in [6.45, 7) is 0.922. The van der Waals surface area contributed by atoms with Crippen LogP contribution in [0.4, 0.5) is 0 Å².